The average molecular weight is 405 g/mol. The molecule has 0 spiro atoms. The van der Waals surface area contributed by atoms with E-state index in [4.69, 9.17) is 16.3 Å². The fourth-order valence-corrected chi connectivity index (χ4v) is 3.06. The molecule has 0 aliphatic rings. The van der Waals surface area contributed by atoms with Crippen molar-refractivity contribution in [2.45, 2.75) is 11.8 Å². The van der Waals surface area contributed by atoms with Crippen molar-refractivity contribution in [2.75, 3.05) is 7.11 Å². The molecule has 0 bridgehead atoms. The van der Waals surface area contributed by atoms with Crippen molar-refractivity contribution in [1.82, 2.24) is 0 Å². The van der Waals surface area contributed by atoms with Gasteiger partial charge in [0.05, 0.1) is 11.9 Å². The van der Waals surface area contributed by atoms with Crippen molar-refractivity contribution in [1.29, 1.82) is 0 Å². The van der Waals surface area contributed by atoms with Gasteiger partial charge in [0.25, 0.3) is 0 Å². The second-order valence-corrected chi connectivity index (χ2v) is 6.50. The Morgan fingerprint density at radius 2 is 1.89 bits per heavy atom. The van der Waals surface area contributed by atoms with Gasteiger partial charge in [0.1, 0.15) is 5.75 Å². The highest BCUT2D eigenvalue weighted by Crippen LogP contribution is 2.39. The van der Waals surface area contributed by atoms with Gasteiger partial charge in [0.15, 0.2) is 0 Å². The highest BCUT2D eigenvalue weighted by atomic mass is 79.9. The lowest BCUT2D eigenvalue weighted by Gasteiger charge is -2.16. The summed E-state index contributed by atoms with van der Waals surface area (Å²) in [5, 5.41) is 0.774. The number of hydrogen-bond acceptors (Lipinski definition) is 1. The van der Waals surface area contributed by atoms with Crippen molar-refractivity contribution < 1.29 is 4.74 Å². The molecule has 19 heavy (non-hydrogen) atoms. The van der Waals surface area contributed by atoms with Crippen LogP contribution < -0.4 is 4.74 Å². The fraction of sp³-hybridized carbons (Fsp3) is 0.200. The third-order valence-electron chi connectivity index (χ3n) is 2.95. The van der Waals surface area contributed by atoms with Crippen LogP contribution in [0.1, 0.15) is 21.5 Å². The predicted molar refractivity (Wildman–Crippen MR) is 87.7 cm³/mol. The monoisotopic (exact) mass is 402 g/mol. The Morgan fingerprint density at radius 3 is 2.53 bits per heavy atom. The molecule has 1 unspecified atom stereocenters. The molecule has 0 fully saturated rings. The second kappa shape index (κ2) is 6.29. The first kappa shape index (κ1) is 14.9. The fourth-order valence-electron chi connectivity index (χ4n) is 1.85. The number of benzene rings is 2. The Morgan fingerprint density at radius 1 is 1.16 bits per heavy atom. The molecule has 2 aromatic carbocycles. The Bertz CT molecular complexity index is 599. The number of hydrogen-bond donors (Lipinski definition) is 0. The van der Waals surface area contributed by atoms with Crippen molar-refractivity contribution >= 4 is 43.5 Å². The normalized spacial score (nSPS) is 12.3. The molecule has 0 saturated heterocycles. The van der Waals surface area contributed by atoms with Gasteiger partial charge < -0.3 is 4.74 Å². The van der Waals surface area contributed by atoms with Gasteiger partial charge in [0, 0.05) is 15.1 Å². The first-order chi connectivity index (χ1) is 9.02. The smallest absolute Gasteiger partial charge is 0.123 e. The van der Waals surface area contributed by atoms with Crippen LogP contribution in [0.3, 0.4) is 0 Å². The number of ether oxygens (including phenoxy) is 1. The van der Waals surface area contributed by atoms with E-state index in [-0.39, 0.29) is 4.83 Å². The molecule has 1 nitrogen and oxygen atoms in total. The van der Waals surface area contributed by atoms with E-state index in [1.165, 1.54) is 0 Å². The lowest BCUT2D eigenvalue weighted by molar-refractivity contribution is 0.410. The maximum absolute atomic E-state index is 6.19. The van der Waals surface area contributed by atoms with Crippen molar-refractivity contribution in [3.8, 4) is 5.75 Å². The number of halogens is 3. The number of alkyl halides is 1. The summed E-state index contributed by atoms with van der Waals surface area (Å²) in [6.07, 6.45) is 0. The topological polar surface area (TPSA) is 9.23 Å². The third kappa shape index (κ3) is 3.33. The van der Waals surface area contributed by atoms with Crippen LogP contribution >= 0.6 is 43.5 Å². The van der Waals surface area contributed by atoms with Crippen LogP contribution in [0.2, 0.25) is 5.02 Å². The Kier molecular flexibility index (Phi) is 4.93. The van der Waals surface area contributed by atoms with Crippen molar-refractivity contribution in [3.63, 3.8) is 0 Å². The molecule has 0 N–H and O–H groups in total. The van der Waals surface area contributed by atoms with Crippen LogP contribution in [0.5, 0.6) is 5.75 Å². The van der Waals surface area contributed by atoms with E-state index < -0.39 is 0 Å². The van der Waals surface area contributed by atoms with Crippen LogP contribution in [0, 0.1) is 6.92 Å². The quantitative estimate of drug-likeness (QED) is 0.579. The molecule has 0 aliphatic carbocycles. The van der Waals surface area contributed by atoms with Gasteiger partial charge >= 0.3 is 0 Å². The van der Waals surface area contributed by atoms with Crippen LogP contribution in [0.4, 0.5) is 0 Å². The second-order valence-electron chi connectivity index (χ2n) is 4.26. The lowest BCUT2D eigenvalue weighted by Crippen LogP contribution is -1.97. The largest absolute Gasteiger partial charge is 0.496 e. The summed E-state index contributed by atoms with van der Waals surface area (Å²) in [4.78, 5) is 0.0399. The highest BCUT2D eigenvalue weighted by molar-refractivity contribution is 9.10. The summed E-state index contributed by atoms with van der Waals surface area (Å²) in [7, 11) is 1.68. The summed E-state index contributed by atoms with van der Waals surface area (Å²) >= 11 is 13.4. The molecule has 0 radical (unpaired) electrons. The minimum Gasteiger partial charge on any atom is -0.496 e. The zero-order valence-electron chi connectivity index (χ0n) is 10.6. The van der Waals surface area contributed by atoms with E-state index in [9.17, 15) is 0 Å². The third-order valence-corrected chi connectivity index (χ3v) is 4.88. The summed E-state index contributed by atoms with van der Waals surface area (Å²) in [6, 6.07) is 12.0. The standard InChI is InChI=1S/C15H13Br2ClO/c1-9-3-4-10(7-13(9)18)15(17)12-8-11(16)5-6-14(12)19-2/h3-8,15H,1-2H3. The van der Waals surface area contributed by atoms with E-state index >= 15 is 0 Å². The lowest BCUT2D eigenvalue weighted by atomic mass is 10.0. The maximum Gasteiger partial charge on any atom is 0.123 e. The molecule has 4 heteroatoms. The van der Waals surface area contributed by atoms with Crippen LogP contribution in [-0.2, 0) is 0 Å². The summed E-state index contributed by atoms with van der Waals surface area (Å²) in [5.74, 6) is 0.849. The maximum atomic E-state index is 6.19. The molecule has 100 valence electrons. The molecule has 1 atom stereocenters. The molecule has 2 aromatic rings. The zero-order chi connectivity index (χ0) is 14.0. The first-order valence-electron chi connectivity index (χ1n) is 5.76. The first-order valence-corrected chi connectivity index (χ1v) is 7.85. The summed E-state index contributed by atoms with van der Waals surface area (Å²) < 4.78 is 6.43. The molecule has 0 amide bonds. The molecule has 0 heterocycles. The van der Waals surface area contributed by atoms with Crippen LogP contribution in [0.15, 0.2) is 40.9 Å². The molecule has 2 rings (SSSR count). The predicted octanol–water partition coefficient (Wildman–Crippen LogP) is 5.90. The minimum absolute atomic E-state index is 0.0399. The van der Waals surface area contributed by atoms with Gasteiger partial charge in [0.2, 0.25) is 0 Å². The Labute approximate surface area is 135 Å². The Hall–Kier alpha value is -0.510. The number of rotatable bonds is 3. The van der Waals surface area contributed by atoms with Gasteiger partial charge in [-0.25, -0.2) is 0 Å². The zero-order valence-corrected chi connectivity index (χ0v) is 14.5. The van der Waals surface area contributed by atoms with Gasteiger partial charge in [-0.15, -0.1) is 0 Å². The van der Waals surface area contributed by atoms with E-state index in [0.717, 1.165) is 31.9 Å². The minimum atomic E-state index is 0.0399. The number of aryl methyl sites for hydroxylation is 1. The van der Waals surface area contributed by atoms with Gasteiger partial charge in [-0.1, -0.05) is 55.6 Å². The molecular weight excluding hydrogens is 391 g/mol. The van der Waals surface area contributed by atoms with Gasteiger partial charge in [-0.05, 0) is 42.3 Å². The Balaban J connectivity index is 2.45. The summed E-state index contributed by atoms with van der Waals surface area (Å²) in [6.45, 7) is 2.00. The van der Waals surface area contributed by atoms with Gasteiger partial charge in [-0.2, -0.15) is 0 Å². The van der Waals surface area contributed by atoms with E-state index in [2.05, 4.69) is 37.9 Å². The molecule has 0 aromatic heterocycles. The highest BCUT2D eigenvalue weighted by Gasteiger charge is 2.16. The molecule has 0 aliphatic heterocycles. The van der Waals surface area contributed by atoms with E-state index in [1.54, 1.807) is 7.11 Å². The van der Waals surface area contributed by atoms with Crippen LogP contribution in [0.25, 0.3) is 0 Å². The SMILES string of the molecule is COc1ccc(Br)cc1C(Br)c1ccc(C)c(Cl)c1. The molecular formula is C15H13Br2ClO. The molecule has 0 saturated carbocycles. The number of methoxy groups -OCH3 is 1. The van der Waals surface area contributed by atoms with E-state index in [1.807, 2.05) is 37.3 Å². The van der Waals surface area contributed by atoms with Gasteiger partial charge in [-0.3, -0.25) is 0 Å². The van der Waals surface area contributed by atoms with E-state index in [0.29, 0.717) is 0 Å². The van der Waals surface area contributed by atoms with Crippen molar-refractivity contribution in [3.05, 3.63) is 62.6 Å². The van der Waals surface area contributed by atoms with Crippen LogP contribution in [-0.4, -0.2) is 7.11 Å². The summed E-state index contributed by atoms with van der Waals surface area (Å²) in [5.41, 5.74) is 3.25. The van der Waals surface area contributed by atoms with Crippen molar-refractivity contribution in [2.24, 2.45) is 0 Å². The average Bonchev–Trinajstić information content (AvgIpc) is 2.41.